The van der Waals surface area contributed by atoms with Gasteiger partial charge in [0, 0.05) is 43.8 Å². The van der Waals surface area contributed by atoms with Crippen molar-refractivity contribution in [1.82, 2.24) is 19.4 Å². The van der Waals surface area contributed by atoms with Crippen LogP contribution in [-0.2, 0) is 6.54 Å². The van der Waals surface area contributed by atoms with Crippen molar-refractivity contribution in [3.8, 4) is 0 Å². The number of nitrogens with one attached hydrogen (secondary N) is 1. The fourth-order valence-electron chi connectivity index (χ4n) is 4.29. The molecular formula is C23H30N8O2. The van der Waals surface area contributed by atoms with Gasteiger partial charge >= 0.3 is 0 Å². The van der Waals surface area contributed by atoms with E-state index in [2.05, 4.69) is 44.1 Å². The van der Waals surface area contributed by atoms with Crippen molar-refractivity contribution < 1.29 is 4.79 Å². The van der Waals surface area contributed by atoms with Gasteiger partial charge in [0.05, 0.1) is 5.39 Å². The number of amides is 1. The Kier molecular flexibility index (Phi) is 6.45. The summed E-state index contributed by atoms with van der Waals surface area (Å²) in [6.45, 7) is 9.82. The van der Waals surface area contributed by atoms with Gasteiger partial charge in [0.25, 0.3) is 5.91 Å². The molecule has 1 aliphatic heterocycles. The highest BCUT2D eigenvalue weighted by atomic mass is 16.2. The summed E-state index contributed by atoms with van der Waals surface area (Å²) in [7, 11) is 0. The minimum Gasteiger partial charge on any atom is -0.384 e. The van der Waals surface area contributed by atoms with E-state index in [1.54, 1.807) is 4.57 Å². The molecule has 1 fully saturated rings. The summed E-state index contributed by atoms with van der Waals surface area (Å²) in [4.78, 5) is 38.0. The van der Waals surface area contributed by atoms with Crippen LogP contribution in [0.3, 0.4) is 0 Å². The number of primary amides is 1. The molecule has 5 N–H and O–H groups in total. The van der Waals surface area contributed by atoms with Crippen molar-refractivity contribution in [1.29, 1.82) is 0 Å². The van der Waals surface area contributed by atoms with Crippen LogP contribution in [0, 0.1) is 0 Å². The van der Waals surface area contributed by atoms with Crippen molar-refractivity contribution in [2.24, 2.45) is 5.73 Å². The van der Waals surface area contributed by atoms with Gasteiger partial charge in [0.2, 0.25) is 11.4 Å². The van der Waals surface area contributed by atoms with Crippen LogP contribution in [-0.4, -0.2) is 58.1 Å². The number of nitrogen functional groups attached to an aromatic ring is 1. The smallest absolute Gasteiger partial charge is 0.256 e. The summed E-state index contributed by atoms with van der Waals surface area (Å²) in [6, 6.07) is 8.15. The molecule has 0 unspecified atom stereocenters. The van der Waals surface area contributed by atoms with Gasteiger partial charge in [-0.3, -0.25) is 9.59 Å². The highest BCUT2D eigenvalue weighted by Crippen LogP contribution is 2.23. The molecular weight excluding hydrogens is 420 g/mol. The van der Waals surface area contributed by atoms with Crippen LogP contribution < -0.4 is 27.1 Å². The molecule has 0 atom stereocenters. The molecule has 3 aromatic rings. The van der Waals surface area contributed by atoms with Gasteiger partial charge in [0.15, 0.2) is 5.65 Å². The highest BCUT2D eigenvalue weighted by molar-refractivity contribution is 6.00. The number of benzene rings is 1. The number of pyridine rings is 1. The van der Waals surface area contributed by atoms with Gasteiger partial charge in [-0.15, -0.1) is 0 Å². The molecule has 0 bridgehead atoms. The number of aromatic nitrogens is 3. The first-order valence-corrected chi connectivity index (χ1v) is 11.3. The Morgan fingerprint density at radius 1 is 1.09 bits per heavy atom. The number of carbonyl (C=O) groups is 1. The van der Waals surface area contributed by atoms with Crippen LogP contribution in [0.15, 0.2) is 35.3 Å². The van der Waals surface area contributed by atoms with Crippen LogP contribution >= 0.6 is 0 Å². The molecule has 174 valence electrons. The Bertz CT molecular complexity index is 1220. The Hall–Kier alpha value is -3.66. The van der Waals surface area contributed by atoms with Gasteiger partial charge < -0.3 is 31.2 Å². The van der Waals surface area contributed by atoms with E-state index < -0.39 is 11.3 Å². The van der Waals surface area contributed by atoms with E-state index in [0.29, 0.717) is 18.1 Å². The maximum Gasteiger partial charge on any atom is 0.256 e. The maximum absolute atomic E-state index is 12.7. The van der Waals surface area contributed by atoms with Crippen molar-refractivity contribution in [2.45, 2.75) is 26.8 Å². The minimum atomic E-state index is -0.865. The second-order valence-corrected chi connectivity index (χ2v) is 8.08. The van der Waals surface area contributed by atoms with Crippen molar-refractivity contribution >= 4 is 40.1 Å². The summed E-state index contributed by atoms with van der Waals surface area (Å²) in [5.41, 5.74) is 13.0. The number of hydrogen-bond donors (Lipinski definition) is 3. The minimum absolute atomic E-state index is 0.00981. The number of fused-ring (bicyclic) bond motifs is 1. The molecule has 10 heteroatoms. The zero-order valence-corrected chi connectivity index (χ0v) is 19.0. The lowest BCUT2D eigenvalue weighted by molar-refractivity contribution is 0.1000. The second kappa shape index (κ2) is 9.45. The third-order valence-electron chi connectivity index (χ3n) is 6.13. The van der Waals surface area contributed by atoms with Crippen LogP contribution in [0.5, 0.6) is 0 Å². The molecule has 0 spiro atoms. The predicted octanol–water partition coefficient (Wildman–Crippen LogP) is 1.77. The molecule has 3 heterocycles. The quantitative estimate of drug-likeness (QED) is 0.517. The maximum atomic E-state index is 12.7. The topological polar surface area (TPSA) is 135 Å². The molecule has 4 rings (SSSR count). The molecule has 0 saturated carbocycles. The van der Waals surface area contributed by atoms with Gasteiger partial charge in [-0.2, -0.15) is 4.98 Å². The van der Waals surface area contributed by atoms with Crippen LogP contribution in [0.1, 0.15) is 30.6 Å². The normalized spacial score (nSPS) is 14.9. The molecule has 1 aliphatic rings. The van der Waals surface area contributed by atoms with Gasteiger partial charge in [-0.25, -0.2) is 4.98 Å². The van der Waals surface area contributed by atoms with Crippen LogP contribution in [0.2, 0.25) is 0 Å². The van der Waals surface area contributed by atoms with E-state index in [1.807, 2.05) is 19.1 Å². The number of rotatable bonds is 6. The van der Waals surface area contributed by atoms with Gasteiger partial charge in [-0.05, 0) is 50.7 Å². The lowest BCUT2D eigenvalue weighted by Crippen LogP contribution is -2.30. The number of aryl methyl sites for hydroxylation is 1. The summed E-state index contributed by atoms with van der Waals surface area (Å²) in [5.74, 6) is -0.525. The van der Waals surface area contributed by atoms with Crippen molar-refractivity contribution in [3.05, 3.63) is 46.2 Å². The lowest BCUT2D eigenvalue weighted by atomic mass is 10.1. The van der Waals surface area contributed by atoms with E-state index >= 15 is 0 Å². The van der Waals surface area contributed by atoms with E-state index in [9.17, 15) is 9.59 Å². The largest absolute Gasteiger partial charge is 0.384 e. The molecule has 0 aliphatic carbocycles. The van der Waals surface area contributed by atoms with E-state index in [-0.39, 0.29) is 16.8 Å². The number of carbonyl (C=O) groups excluding carboxylic acids is 1. The Morgan fingerprint density at radius 2 is 1.85 bits per heavy atom. The second-order valence-electron chi connectivity index (χ2n) is 8.08. The predicted molar refractivity (Wildman–Crippen MR) is 131 cm³/mol. The zero-order chi connectivity index (χ0) is 23.5. The SMILES string of the molecule is CCN1CCCN(c2ccc(Nc3ncc4c(=O)c(C(N)=O)c(N)n(CC)c4n3)cc2)CC1. The highest BCUT2D eigenvalue weighted by Gasteiger charge is 2.20. The summed E-state index contributed by atoms with van der Waals surface area (Å²) in [6.07, 6.45) is 2.55. The number of hydrogen-bond acceptors (Lipinski definition) is 8. The fourth-order valence-corrected chi connectivity index (χ4v) is 4.29. The molecule has 1 aromatic carbocycles. The first-order valence-electron chi connectivity index (χ1n) is 11.3. The first-order chi connectivity index (χ1) is 15.9. The number of nitrogens with two attached hydrogens (primary N) is 2. The zero-order valence-electron chi connectivity index (χ0n) is 19.0. The van der Waals surface area contributed by atoms with E-state index in [1.165, 1.54) is 11.9 Å². The molecule has 33 heavy (non-hydrogen) atoms. The molecule has 10 nitrogen and oxygen atoms in total. The standard InChI is InChI=1S/C23H30N8O2/c1-3-29-10-5-11-30(13-12-29)16-8-6-15(7-9-16)27-23-26-14-17-19(32)18(21(25)33)20(24)31(4-2)22(17)28-23/h6-9,14H,3-5,10-13,24H2,1-2H3,(H2,25,33)(H,26,27,28). The molecule has 1 amide bonds. The third-order valence-corrected chi connectivity index (χ3v) is 6.13. The summed E-state index contributed by atoms with van der Waals surface area (Å²) in [5, 5.41) is 3.38. The summed E-state index contributed by atoms with van der Waals surface area (Å²) < 4.78 is 1.59. The first kappa shape index (κ1) is 22.5. The monoisotopic (exact) mass is 450 g/mol. The Morgan fingerprint density at radius 3 is 2.52 bits per heavy atom. The van der Waals surface area contributed by atoms with Gasteiger partial charge in [-0.1, -0.05) is 6.92 Å². The lowest BCUT2D eigenvalue weighted by Gasteiger charge is -2.23. The Balaban J connectivity index is 1.58. The van der Waals surface area contributed by atoms with E-state index in [0.717, 1.165) is 44.8 Å². The van der Waals surface area contributed by atoms with Gasteiger partial charge in [0.1, 0.15) is 11.4 Å². The van der Waals surface area contributed by atoms with Crippen LogP contribution in [0.4, 0.5) is 23.1 Å². The average Bonchev–Trinajstić information content (AvgIpc) is 3.05. The molecule has 0 radical (unpaired) electrons. The summed E-state index contributed by atoms with van der Waals surface area (Å²) >= 11 is 0. The van der Waals surface area contributed by atoms with E-state index in [4.69, 9.17) is 11.5 Å². The number of nitrogens with zero attached hydrogens (tertiary/aromatic N) is 5. The number of anilines is 4. The molecule has 2 aromatic heterocycles. The van der Waals surface area contributed by atoms with Crippen molar-refractivity contribution in [3.63, 3.8) is 0 Å². The average molecular weight is 451 g/mol. The Labute approximate surface area is 192 Å². The molecule has 1 saturated heterocycles. The third kappa shape index (κ3) is 4.47. The number of likely N-dealkylation sites (N-methyl/N-ethyl adjacent to an activating group) is 1. The van der Waals surface area contributed by atoms with Crippen LogP contribution in [0.25, 0.3) is 11.0 Å². The van der Waals surface area contributed by atoms with Crippen molar-refractivity contribution in [2.75, 3.05) is 48.7 Å². The fraction of sp³-hybridized carbons (Fsp3) is 0.391.